The van der Waals surface area contributed by atoms with E-state index >= 15 is 0 Å². The number of methoxy groups -OCH3 is 1. The Morgan fingerprint density at radius 2 is 2.30 bits per heavy atom. The lowest BCUT2D eigenvalue weighted by atomic mass is 10.2. The predicted molar refractivity (Wildman–Crippen MR) is 75.9 cm³/mol. The molecule has 6 nitrogen and oxygen atoms in total. The van der Waals surface area contributed by atoms with Gasteiger partial charge in [0.2, 0.25) is 0 Å². The van der Waals surface area contributed by atoms with Crippen molar-refractivity contribution in [1.82, 2.24) is 9.97 Å². The first kappa shape index (κ1) is 14.1. The number of rotatable bonds is 5. The van der Waals surface area contributed by atoms with E-state index in [1.807, 2.05) is 6.07 Å². The first-order chi connectivity index (χ1) is 9.61. The van der Waals surface area contributed by atoms with Gasteiger partial charge >= 0.3 is 0 Å². The van der Waals surface area contributed by atoms with Gasteiger partial charge in [0.25, 0.3) is 5.91 Å². The molecule has 0 aliphatic carbocycles. The van der Waals surface area contributed by atoms with Gasteiger partial charge in [-0.25, -0.2) is 9.97 Å². The molecule has 0 unspecified atom stereocenters. The van der Waals surface area contributed by atoms with Gasteiger partial charge in [-0.1, -0.05) is 17.7 Å². The first-order valence-electron chi connectivity index (χ1n) is 5.78. The van der Waals surface area contributed by atoms with Crippen molar-refractivity contribution in [3.05, 3.63) is 46.9 Å². The summed E-state index contributed by atoms with van der Waals surface area (Å²) in [7, 11) is 1.55. The van der Waals surface area contributed by atoms with Gasteiger partial charge in [-0.15, -0.1) is 0 Å². The third kappa shape index (κ3) is 3.16. The van der Waals surface area contributed by atoms with Gasteiger partial charge < -0.3 is 15.8 Å². The fourth-order valence-electron chi connectivity index (χ4n) is 1.66. The van der Waals surface area contributed by atoms with Crippen LogP contribution in [-0.4, -0.2) is 23.0 Å². The Morgan fingerprint density at radius 3 is 2.95 bits per heavy atom. The Kier molecular flexibility index (Phi) is 4.37. The zero-order valence-corrected chi connectivity index (χ0v) is 11.5. The monoisotopic (exact) mass is 292 g/mol. The van der Waals surface area contributed by atoms with Gasteiger partial charge in [0.15, 0.2) is 0 Å². The zero-order chi connectivity index (χ0) is 14.5. The molecule has 0 spiro atoms. The molecule has 7 heteroatoms. The van der Waals surface area contributed by atoms with Crippen molar-refractivity contribution in [2.75, 3.05) is 12.4 Å². The molecule has 0 saturated heterocycles. The van der Waals surface area contributed by atoms with Crippen molar-refractivity contribution in [3.63, 3.8) is 0 Å². The number of amides is 1. The highest BCUT2D eigenvalue weighted by atomic mass is 35.5. The van der Waals surface area contributed by atoms with Crippen LogP contribution in [0.2, 0.25) is 5.02 Å². The van der Waals surface area contributed by atoms with Crippen LogP contribution in [0.3, 0.4) is 0 Å². The largest absolute Gasteiger partial charge is 0.495 e. The lowest BCUT2D eigenvalue weighted by molar-refractivity contribution is 0.100. The summed E-state index contributed by atoms with van der Waals surface area (Å²) < 4.78 is 5.08. The molecule has 2 rings (SSSR count). The van der Waals surface area contributed by atoms with E-state index in [9.17, 15) is 4.79 Å². The van der Waals surface area contributed by atoms with Crippen molar-refractivity contribution in [1.29, 1.82) is 0 Å². The van der Waals surface area contributed by atoms with Crippen LogP contribution in [0.1, 0.15) is 15.9 Å². The van der Waals surface area contributed by atoms with E-state index in [-0.39, 0.29) is 5.56 Å². The minimum Gasteiger partial charge on any atom is -0.495 e. The molecule has 3 N–H and O–H groups in total. The molecule has 0 bridgehead atoms. The van der Waals surface area contributed by atoms with Gasteiger partial charge in [0.05, 0.1) is 17.7 Å². The van der Waals surface area contributed by atoms with E-state index in [0.717, 1.165) is 5.56 Å². The number of primary amides is 1. The molecule has 0 aliphatic rings. The van der Waals surface area contributed by atoms with Crippen molar-refractivity contribution in [2.45, 2.75) is 6.54 Å². The van der Waals surface area contributed by atoms with Crippen molar-refractivity contribution < 1.29 is 9.53 Å². The molecule has 1 amide bonds. The molecule has 0 radical (unpaired) electrons. The number of carbonyl (C=O) groups is 1. The van der Waals surface area contributed by atoms with E-state index in [0.29, 0.717) is 23.1 Å². The molecular weight excluding hydrogens is 280 g/mol. The maximum Gasteiger partial charge on any atom is 0.254 e. The summed E-state index contributed by atoms with van der Waals surface area (Å²) >= 11 is 6.04. The zero-order valence-electron chi connectivity index (χ0n) is 10.8. The lowest BCUT2D eigenvalue weighted by Crippen LogP contribution is -2.15. The minimum atomic E-state index is -0.583. The highest BCUT2D eigenvalue weighted by Gasteiger charge is 2.09. The quantitative estimate of drug-likeness (QED) is 0.877. The van der Waals surface area contributed by atoms with Gasteiger partial charge in [-0.3, -0.25) is 4.79 Å². The van der Waals surface area contributed by atoms with E-state index in [4.69, 9.17) is 22.1 Å². The standard InChI is InChI=1S/C13H13ClN4O2/c1-20-11-3-2-8(4-10(11)14)5-17-13-9(12(15)19)6-16-7-18-13/h2-4,6-7H,5H2,1H3,(H2,15,19)(H,16,17,18). The van der Waals surface area contributed by atoms with Crippen LogP contribution in [0.5, 0.6) is 5.75 Å². The fourth-order valence-corrected chi connectivity index (χ4v) is 1.94. The highest BCUT2D eigenvalue weighted by molar-refractivity contribution is 6.32. The van der Waals surface area contributed by atoms with Crippen molar-refractivity contribution in [3.8, 4) is 5.75 Å². The number of hydrogen-bond acceptors (Lipinski definition) is 5. The van der Waals surface area contributed by atoms with E-state index < -0.39 is 5.91 Å². The molecule has 1 heterocycles. The van der Waals surface area contributed by atoms with E-state index in [1.54, 1.807) is 19.2 Å². The third-order valence-corrected chi connectivity index (χ3v) is 2.95. The summed E-state index contributed by atoms with van der Waals surface area (Å²) in [6.07, 6.45) is 2.72. The van der Waals surface area contributed by atoms with Crippen LogP contribution >= 0.6 is 11.6 Å². The van der Waals surface area contributed by atoms with Crippen LogP contribution in [0, 0.1) is 0 Å². The summed E-state index contributed by atoms with van der Waals surface area (Å²) in [6, 6.07) is 5.41. The van der Waals surface area contributed by atoms with Gasteiger partial charge in [-0.05, 0) is 17.7 Å². The van der Waals surface area contributed by atoms with Crippen LogP contribution in [0.4, 0.5) is 5.82 Å². The smallest absolute Gasteiger partial charge is 0.254 e. The van der Waals surface area contributed by atoms with Crippen molar-refractivity contribution in [2.24, 2.45) is 5.73 Å². The molecule has 1 aromatic heterocycles. The van der Waals surface area contributed by atoms with Gasteiger partial charge in [0.1, 0.15) is 17.9 Å². The van der Waals surface area contributed by atoms with Gasteiger partial charge in [-0.2, -0.15) is 0 Å². The molecule has 0 saturated carbocycles. The highest BCUT2D eigenvalue weighted by Crippen LogP contribution is 2.25. The first-order valence-corrected chi connectivity index (χ1v) is 6.15. The second kappa shape index (κ2) is 6.21. The number of anilines is 1. The Balaban J connectivity index is 2.13. The maximum absolute atomic E-state index is 11.2. The molecule has 0 fully saturated rings. The molecule has 20 heavy (non-hydrogen) atoms. The average Bonchev–Trinajstić information content (AvgIpc) is 2.45. The second-order valence-corrected chi connectivity index (χ2v) is 4.38. The number of hydrogen-bond donors (Lipinski definition) is 2. The number of benzene rings is 1. The molecule has 0 atom stereocenters. The van der Waals surface area contributed by atoms with Crippen LogP contribution < -0.4 is 15.8 Å². The number of nitrogens with one attached hydrogen (secondary N) is 1. The summed E-state index contributed by atoms with van der Waals surface area (Å²) in [5, 5.41) is 3.54. The summed E-state index contributed by atoms with van der Waals surface area (Å²) in [5.41, 5.74) is 6.41. The average molecular weight is 293 g/mol. The Hall–Kier alpha value is -2.34. The van der Waals surface area contributed by atoms with Crippen LogP contribution in [-0.2, 0) is 6.54 Å². The Bertz CT molecular complexity index is 634. The molecular formula is C13H13ClN4O2. The number of halogens is 1. The summed E-state index contributed by atoms with van der Waals surface area (Å²) in [6.45, 7) is 0.445. The number of nitrogens with two attached hydrogens (primary N) is 1. The topological polar surface area (TPSA) is 90.1 Å². The molecule has 104 valence electrons. The van der Waals surface area contributed by atoms with Crippen LogP contribution in [0.15, 0.2) is 30.7 Å². The minimum absolute atomic E-state index is 0.243. The normalized spacial score (nSPS) is 10.1. The number of carbonyl (C=O) groups excluding carboxylic acids is 1. The van der Waals surface area contributed by atoms with Crippen LogP contribution in [0.25, 0.3) is 0 Å². The number of ether oxygens (including phenoxy) is 1. The van der Waals surface area contributed by atoms with Gasteiger partial charge in [0, 0.05) is 12.7 Å². The van der Waals surface area contributed by atoms with Crippen molar-refractivity contribution >= 4 is 23.3 Å². The van der Waals surface area contributed by atoms with E-state index in [1.165, 1.54) is 12.5 Å². The molecule has 0 aliphatic heterocycles. The fraction of sp³-hybridized carbons (Fsp3) is 0.154. The molecule has 2 aromatic rings. The summed E-state index contributed by atoms with van der Waals surface area (Å²) in [5.74, 6) is 0.413. The Morgan fingerprint density at radius 1 is 1.50 bits per heavy atom. The maximum atomic E-state index is 11.2. The number of aromatic nitrogens is 2. The predicted octanol–water partition coefficient (Wildman–Crippen LogP) is 1.85. The second-order valence-electron chi connectivity index (χ2n) is 3.97. The SMILES string of the molecule is COc1ccc(CNc2ncncc2C(N)=O)cc1Cl. The third-order valence-electron chi connectivity index (χ3n) is 2.65. The molecule has 1 aromatic carbocycles. The Labute approximate surface area is 120 Å². The lowest BCUT2D eigenvalue weighted by Gasteiger charge is -2.09. The number of nitrogens with zero attached hydrogens (tertiary/aromatic N) is 2. The van der Waals surface area contributed by atoms with E-state index in [2.05, 4.69) is 15.3 Å². The summed E-state index contributed by atoms with van der Waals surface area (Å²) in [4.78, 5) is 19.0.